The fourth-order valence-electron chi connectivity index (χ4n) is 1.05. The van der Waals surface area contributed by atoms with E-state index >= 15 is 0 Å². The van der Waals surface area contributed by atoms with Gasteiger partial charge in [-0.25, -0.2) is 0 Å². The summed E-state index contributed by atoms with van der Waals surface area (Å²) in [7, 11) is 1.48. The van der Waals surface area contributed by atoms with E-state index in [1.54, 1.807) is 24.3 Å². The first-order valence-electron chi connectivity index (χ1n) is 3.78. The number of hydrogen-bond donors (Lipinski definition) is 0. The molecule has 1 rings (SSSR count). The molecule has 1 aromatic carbocycles. The van der Waals surface area contributed by atoms with E-state index in [-0.39, 0.29) is 0 Å². The van der Waals surface area contributed by atoms with Gasteiger partial charge in [-0.1, -0.05) is 6.07 Å². The van der Waals surface area contributed by atoms with Crippen molar-refractivity contribution in [2.24, 2.45) is 0 Å². The van der Waals surface area contributed by atoms with Crippen molar-refractivity contribution in [3.05, 3.63) is 29.3 Å². The number of nitriles is 1. The number of nitrogens with zero attached hydrogens (tertiary/aromatic N) is 1. The summed E-state index contributed by atoms with van der Waals surface area (Å²) < 4.78 is 4.98. The predicted octanol–water partition coefficient (Wildman–Crippen LogP) is 1.71. The van der Waals surface area contributed by atoms with Crippen molar-refractivity contribution in [2.75, 3.05) is 7.11 Å². The van der Waals surface area contributed by atoms with Gasteiger partial charge in [0, 0.05) is 0 Å². The Morgan fingerprint density at radius 1 is 1.54 bits per heavy atom. The van der Waals surface area contributed by atoms with Gasteiger partial charge in [0.05, 0.1) is 12.7 Å². The Kier molecular flexibility index (Phi) is 2.65. The summed E-state index contributed by atoms with van der Waals surface area (Å²) in [6.45, 7) is 1.89. The number of benzene rings is 1. The molecule has 0 bridgehead atoms. The van der Waals surface area contributed by atoms with Crippen LogP contribution in [-0.4, -0.2) is 12.9 Å². The van der Waals surface area contributed by atoms with Crippen LogP contribution in [0, 0.1) is 18.3 Å². The molecule has 0 atom stereocenters. The molecule has 0 unspecified atom stereocenters. The SMILES string of the molecule is COc1cc(C)ccc1C(=O)C#N. The molecule has 0 aromatic heterocycles. The molecule has 3 nitrogen and oxygen atoms in total. The quantitative estimate of drug-likeness (QED) is 0.507. The third-order valence-electron chi connectivity index (χ3n) is 1.70. The number of ketones is 1. The summed E-state index contributed by atoms with van der Waals surface area (Å²) in [5.74, 6) is -0.122. The fourth-order valence-corrected chi connectivity index (χ4v) is 1.05. The molecule has 0 heterocycles. The zero-order chi connectivity index (χ0) is 9.84. The van der Waals surface area contributed by atoms with Gasteiger partial charge < -0.3 is 4.74 Å². The molecule has 3 heteroatoms. The van der Waals surface area contributed by atoms with Gasteiger partial charge in [0.25, 0.3) is 5.78 Å². The largest absolute Gasteiger partial charge is 0.496 e. The van der Waals surface area contributed by atoms with Crippen molar-refractivity contribution in [3.8, 4) is 11.8 Å². The molecule has 0 saturated carbocycles. The molecule has 0 spiro atoms. The van der Waals surface area contributed by atoms with Crippen LogP contribution in [0.2, 0.25) is 0 Å². The van der Waals surface area contributed by atoms with Gasteiger partial charge in [-0.15, -0.1) is 0 Å². The van der Waals surface area contributed by atoms with Crippen LogP contribution < -0.4 is 4.74 Å². The second-order valence-electron chi connectivity index (χ2n) is 2.64. The van der Waals surface area contributed by atoms with Crippen LogP contribution in [0.25, 0.3) is 0 Å². The maximum Gasteiger partial charge on any atom is 0.265 e. The Balaban J connectivity index is 3.23. The number of hydrogen-bond acceptors (Lipinski definition) is 3. The summed E-state index contributed by atoms with van der Waals surface area (Å²) in [5.41, 5.74) is 1.31. The molecule has 0 radical (unpaired) electrons. The zero-order valence-corrected chi connectivity index (χ0v) is 7.50. The zero-order valence-electron chi connectivity index (χ0n) is 7.50. The van der Waals surface area contributed by atoms with Gasteiger partial charge in [0.1, 0.15) is 11.8 Å². The number of carbonyl (C=O) groups is 1. The number of carbonyl (C=O) groups excluding carboxylic acids is 1. The molecule has 0 aliphatic heterocycles. The monoisotopic (exact) mass is 175 g/mol. The van der Waals surface area contributed by atoms with Gasteiger partial charge in [-0.05, 0) is 24.6 Å². The van der Waals surface area contributed by atoms with Crippen LogP contribution >= 0.6 is 0 Å². The molecule has 13 heavy (non-hydrogen) atoms. The lowest BCUT2D eigenvalue weighted by atomic mass is 10.1. The average Bonchev–Trinajstić information content (AvgIpc) is 2.16. The van der Waals surface area contributed by atoms with E-state index in [0.29, 0.717) is 11.3 Å². The Bertz CT molecular complexity index is 377. The summed E-state index contributed by atoms with van der Waals surface area (Å²) in [4.78, 5) is 11.1. The highest BCUT2D eigenvalue weighted by Gasteiger charge is 2.10. The lowest BCUT2D eigenvalue weighted by Gasteiger charge is -2.04. The molecule has 66 valence electrons. The number of ether oxygens (including phenoxy) is 1. The van der Waals surface area contributed by atoms with Crippen molar-refractivity contribution in [1.29, 1.82) is 5.26 Å². The van der Waals surface area contributed by atoms with Crippen LogP contribution in [0.15, 0.2) is 18.2 Å². The molecule has 0 N–H and O–H groups in total. The van der Waals surface area contributed by atoms with Gasteiger partial charge in [0.15, 0.2) is 0 Å². The second-order valence-corrected chi connectivity index (χ2v) is 2.64. The van der Waals surface area contributed by atoms with E-state index in [2.05, 4.69) is 0 Å². The van der Waals surface area contributed by atoms with E-state index in [0.717, 1.165) is 5.56 Å². The van der Waals surface area contributed by atoms with Crippen LogP contribution in [0.4, 0.5) is 0 Å². The lowest BCUT2D eigenvalue weighted by Crippen LogP contribution is -1.99. The highest BCUT2D eigenvalue weighted by atomic mass is 16.5. The first-order chi connectivity index (χ1) is 6.19. The first-order valence-corrected chi connectivity index (χ1v) is 3.78. The van der Waals surface area contributed by atoms with E-state index < -0.39 is 5.78 Å². The topological polar surface area (TPSA) is 50.1 Å². The van der Waals surface area contributed by atoms with Crippen LogP contribution in [0.1, 0.15) is 15.9 Å². The minimum atomic E-state index is -0.572. The van der Waals surface area contributed by atoms with Crippen molar-refractivity contribution >= 4 is 5.78 Å². The molecule has 0 aliphatic rings. The average molecular weight is 175 g/mol. The maximum atomic E-state index is 11.1. The van der Waals surface area contributed by atoms with Gasteiger partial charge in [0.2, 0.25) is 0 Å². The number of aryl methyl sites for hydroxylation is 1. The normalized spacial score (nSPS) is 9.00. The molecular formula is C10H9NO2. The van der Waals surface area contributed by atoms with Crippen LogP contribution in [0.3, 0.4) is 0 Å². The van der Waals surface area contributed by atoms with Crippen LogP contribution in [0.5, 0.6) is 5.75 Å². The summed E-state index contributed by atoms with van der Waals surface area (Å²) >= 11 is 0. The fraction of sp³-hybridized carbons (Fsp3) is 0.200. The number of Topliss-reactive ketones (excluding diaryl/α,β-unsaturated/α-hetero) is 1. The Morgan fingerprint density at radius 3 is 2.77 bits per heavy atom. The molecular weight excluding hydrogens is 166 g/mol. The Hall–Kier alpha value is -1.82. The maximum absolute atomic E-state index is 11.1. The Labute approximate surface area is 76.6 Å². The minimum absolute atomic E-state index is 0.315. The van der Waals surface area contributed by atoms with Gasteiger partial charge >= 0.3 is 0 Å². The minimum Gasteiger partial charge on any atom is -0.496 e. The van der Waals surface area contributed by atoms with Crippen LogP contribution in [-0.2, 0) is 0 Å². The molecule has 0 saturated heterocycles. The predicted molar refractivity (Wildman–Crippen MR) is 47.7 cm³/mol. The standard InChI is InChI=1S/C10H9NO2/c1-7-3-4-8(9(12)6-11)10(5-7)13-2/h3-5H,1-2H3. The van der Waals surface area contributed by atoms with E-state index in [9.17, 15) is 4.79 Å². The lowest BCUT2D eigenvalue weighted by molar-refractivity contribution is 0.105. The van der Waals surface area contributed by atoms with E-state index in [1.807, 2.05) is 6.92 Å². The third kappa shape index (κ3) is 1.85. The summed E-state index contributed by atoms with van der Waals surface area (Å²) in [6, 6.07) is 6.65. The summed E-state index contributed by atoms with van der Waals surface area (Å²) in [5, 5.41) is 8.42. The van der Waals surface area contributed by atoms with Crippen molar-refractivity contribution < 1.29 is 9.53 Å². The highest BCUT2D eigenvalue weighted by Crippen LogP contribution is 2.19. The van der Waals surface area contributed by atoms with E-state index in [4.69, 9.17) is 10.00 Å². The van der Waals surface area contributed by atoms with Crippen molar-refractivity contribution in [1.82, 2.24) is 0 Å². The van der Waals surface area contributed by atoms with Gasteiger partial charge in [-0.2, -0.15) is 5.26 Å². The molecule has 0 amide bonds. The van der Waals surface area contributed by atoms with E-state index in [1.165, 1.54) is 7.11 Å². The Morgan fingerprint density at radius 2 is 2.23 bits per heavy atom. The highest BCUT2D eigenvalue weighted by molar-refractivity contribution is 6.09. The van der Waals surface area contributed by atoms with Gasteiger partial charge in [-0.3, -0.25) is 4.79 Å². The molecule has 0 aliphatic carbocycles. The smallest absolute Gasteiger partial charge is 0.265 e. The molecule has 0 fully saturated rings. The van der Waals surface area contributed by atoms with Crippen molar-refractivity contribution in [2.45, 2.75) is 6.92 Å². The second kappa shape index (κ2) is 3.72. The van der Waals surface area contributed by atoms with Crippen molar-refractivity contribution in [3.63, 3.8) is 0 Å². The summed E-state index contributed by atoms with van der Waals surface area (Å²) in [6.07, 6.45) is 0. The number of methoxy groups -OCH3 is 1. The first kappa shape index (κ1) is 9.27. The third-order valence-corrected chi connectivity index (χ3v) is 1.70. The molecule has 1 aromatic rings. The number of rotatable bonds is 2.